The van der Waals surface area contributed by atoms with Gasteiger partial charge in [0.15, 0.2) is 0 Å². The first-order valence-electron chi connectivity index (χ1n) is 5.27. The van der Waals surface area contributed by atoms with Gasteiger partial charge in [0.1, 0.15) is 0 Å². The van der Waals surface area contributed by atoms with E-state index in [0.29, 0.717) is 0 Å². The van der Waals surface area contributed by atoms with Crippen molar-refractivity contribution in [1.82, 2.24) is 0 Å². The number of aryl methyl sites for hydroxylation is 1. The van der Waals surface area contributed by atoms with Gasteiger partial charge in [-0.2, -0.15) is 0 Å². The summed E-state index contributed by atoms with van der Waals surface area (Å²) in [4.78, 5) is 1.34. The molecule has 0 fully saturated rings. The summed E-state index contributed by atoms with van der Waals surface area (Å²) in [6.45, 7) is 3.01. The molecule has 0 saturated carbocycles. The van der Waals surface area contributed by atoms with Crippen LogP contribution in [-0.2, 0) is 13.2 Å². The molecule has 1 aromatic heterocycles. The van der Waals surface area contributed by atoms with Gasteiger partial charge in [-0.05, 0) is 30.0 Å². The molecule has 84 valence electrons. The standard InChI is InChI=1S/C13H15NOS/c1-10-6-7-16-13(10)8-14-12-5-3-2-4-11(12)9-15/h2-7,14-15H,8-9H2,1H3. The lowest BCUT2D eigenvalue weighted by molar-refractivity contribution is 0.282. The number of hydrogen-bond donors (Lipinski definition) is 2. The molecule has 3 heteroatoms. The summed E-state index contributed by atoms with van der Waals surface area (Å²) in [5.41, 5.74) is 3.27. The molecule has 0 bridgehead atoms. The van der Waals surface area contributed by atoms with Gasteiger partial charge in [0.05, 0.1) is 6.61 Å². The molecule has 0 spiro atoms. The molecule has 1 aromatic carbocycles. The minimum atomic E-state index is 0.0760. The van der Waals surface area contributed by atoms with E-state index in [4.69, 9.17) is 0 Å². The number of benzene rings is 1. The zero-order chi connectivity index (χ0) is 11.4. The van der Waals surface area contributed by atoms with Crippen LogP contribution in [0.3, 0.4) is 0 Å². The van der Waals surface area contributed by atoms with Crippen LogP contribution in [-0.4, -0.2) is 5.11 Å². The fourth-order valence-corrected chi connectivity index (χ4v) is 2.44. The summed E-state index contributed by atoms with van der Waals surface area (Å²) >= 11 is 1.76. The highest BCUT2D eigenvalue weighted by atomic mass is 32.1. The molecule has 0 aliphatic rings. The van der Waals surface area contributed by atoms with Crippen LogP contribution in [0.15, 0.2) is 35.7 Å². The largest absolute Gasteiger partial charge is 0.392 e. The van der Waals surface area contributed by atoms with Crippen LogP contribution in [0.5, 0.6) is 0 Å². The Bertz CT molecular complexity index is 464. The summed E-state index contributed by atoms with van der Waals surface area (Å²) in [5, 5.41) is 14.7. The average molecular weight is 233 g/mol. The molecule has 0 atom stereocenters. The number of anilines is 1. The fourth-order valence-electron chi connectivity index (χ4n) is 1.59. The molecule has 2 N–H and O–H groups in total. The Morgan fingerprint density at radius 3 is 2.75 bits per heavy atom. The average Bonchev–Trinajstić information content (AvgIpc) is 2.72. The number of thiophene rings is 1. The highest BCUT2D eigenvalue weighted by molar-refractivity contribution is 7.10. The second-order valence-electron chi connectivity index (χ2n) is 3.70. The van der Waals surface area contributed by atoms with E-state index in [9.17, 15) is 5.11 Å². The lowest BCUT2D eigenvalue weighted by Crippen LogP contribution is -2.01. The molecule has 2 nitrogen and oxygen atoms in total. The van der Waals surface area contributed by atoms with Gasteiger partial charge < -0.3 is 10.4 Å². The Labute approximate surface area is 99.6 Å². The van der Waals surface area contributed by atoms with Crippen molar-refractivity contribution in [3.63, 3.8) is 0 Å². The van der Waals surface area contributed by atoms with E-state index in [0.717, 1.165) is 17.8 Å². The van der Waals surface area contributed by atoms with Crippen molar-refractivity contribution in [2.24, 2.45) is 0 Å². The highest BCUT2D eigenvalue weighted by Gasteiger charge is 2.02. The number of rotatable bonds is 4. The summed E-state index contributed by atoms with van der Waals surface area (Å²) in [5.74, 6) is 0. The monoisotopic (exact) mass is 233 g/mol. The Balaban J connectivity index is 2.07. The maximum absolute atomic E-state index is 9.19. The van der Waals surface area contributed by atoms with Gasteiger partial charge in [0.25, 0.3) is 0 Å². The highest BCUT2D eigenvalue weighted by Crippen LogP contribution is 2.20. The van der Waals surface area contributed by atoms with Gasteiger partial charge in [0.2, 0.25) is 0 Å². The van der Waals surface area contributed by atoms with E-state index in [1.807, 2.05) is 24.3 Å². The first kappa shape index (κ1) is 11.2. The summed E-state index contributed by atoms with van der Waals surface area (Å²) < 4.78 is 0. The van der Waals surface area contributed by atoms with E-state index < -0.39 is 0 Å². The van der Waals surface area contributed by atoms with Gasteiger partial charge in [-0.15, -0.1) is 11.3 Å². The third kappa shape index (κ3) is 2.43. The summed E-state index contributed by atoms with van der Waals surface area (Å²) in [7, 11) is 0. The predicted octanol–water partition coefficient (Wildman–Crippen LogP) is 3.16. The SMILES string of the molecule is Cc1ccsc1CNc1ccccc1CO. The van der Waals surface area contributed by atoms with Gasteiger partial charge in [-0.25, -0.2) is 0 Å². The minimum Gasteiger partial charge on any atom is -0.392 e. The maximum atomic E-state index is 9.19. The molecule has 1 heterocycles. The van der Waals surface area contributed by atoms with Crippen LogP contribution >= 0.6 is 11.3 Å². The van der Waals surface area contributed by atoms with Crippen molar-refractivity contribution in [3.05, 3.63) is 51.7 Å². The van der Waals surface area contributed by atoms with E-state index in [1.165, 1.54) is 10.4 Å². The zero-order valence-electron chi connectivity index (χ0n) is 9.23. The van der Waals surface area contributed by atoms with Crippen molar-refractivity contribution in [3.8, 4) is 0 Å². The van der Waals surface area contributed by atoms with Gasteiger partial charge >= 0.3 is 0 Å². The Morgan fingerprint density at radius 1 is 1.25 bits per heavy atom. The molecule has 2 aromatic rings. The third-order valence-corrected chi connectivity index (χ3v) is 3.62. The van der Waals surface area contributed by atoms with Crippen molar-refractivity contribution < 1.29 is 5.11 Å². The molecule has 0 amide bonds. The van der Waals surface area contributed by atoms with E-state index in [1.54, 1.807) is 11.3 Å². The van der Waals surface area contributed by atoms with Crippen molar-refractivity contribution in [2.45, 2.75) is 20.1 Å². The zero-order valence-corrected chi connectivity index (χ0v) is 10.1. The van der Waals surface area contributed by atoms with Crippen LogP contribution in [0.1, 0.15) is 16.0 Å². The van der Waals surface area contributed by atoms with Crippen LogP contribution in [0.2, 0.25) is 0 Å². The first-order chi connectivity index (χ1) is 7.81. The first-order valence-corrected chi connectivity index (χ1v) is 6.15. The number of para-hydroxylation sites is 1. The van der Waals surface area contributed by atoms with Crippen molar-refractivity contribution in [1.29, 1.82) is 0 Å². The number of nitrogens with one attached hydrogen (secondary N) is 1. The molecular weight excluding hydrogens is 218 g/mol. The summed E-state index contributed by atoms with van der Waals surface area (Å²) in [6.07, 6.45) is 0. The van der Waals surface area contributed by atoms with E-state index >= 15 is 0 Å². The lowest BCUT2D eigenvalue weighted by atomic mass is 10.2. The molecular formula is C13H15NOS. The molecule has 0 aliphatic carbocycles. The van der Waals surface area contributed by atoms with Crippen LogP contribution < -0.4 is 5.32 Å². The smallest absolute Gasteiger partial charge is 0.0701 e. The normalized spacial score (nSPS) is 10.4. The Hall–Kier alpha value is -1.32. The topological polar surface area (TPSA) is 32.3 Å². The van der Waals surface area contributed by atoms with Crippen molar-refractivity contribution in [2.75, 3.05) is 5.32 Å². The molecule has 0 aliphatic heterocycles. The van der Waals surface area contributed by atoms with Crippen LogP contribution in [0, 0.1) is 6.92 Å². The van der Waals surface area contributed by atoms with E-state index in [2.05, 4.69) is 23.7 Å². The second-order valence-corrected chi connectivity index (χ2v) is 4.70. The summed E-state index contributed by atoms with van der Waals surface area (Å²) in [6, 6.07) is 9.97. The van der Waals surface area contributed by atoms with Crippen LogP contribution in [0.25, 0.3) is 0 Å². The van der Waals surface area contributed by atoms with E-state index in [-0.39, 0.29) is 6.61 Å². The third-order valence-electron chi connectivity index (χ3n) is 2.60. The quantitative estimate of drug-likeness (QED) is 0.850. The Kier molecular flexibility index (Phi) is 3.59. The number of hydrogen-bond acceptors (Lipinski definition) is 3. The predicted molar refractivity (Wildman–Crippen MR) is 68.7 cm³/mol. The minimum absolute atomic E-state index is 0.0760. The Morgan fingerprint density at radius 2 is 2.06 bits per heavy atom. The van der Waals surface area contributed by atoms with Gasteiger partial charge in [-0.3, -0.25) is 0 Å². The maximum Gasteiger partial charge on any atom is 0.0701 e. The van der Waals surface area contributed by atoms with Gasteiger partial charge in [0, 0.05) is 22.7 Å². The second kappa shape index (κ2) is 5.14. The number of aliphatic hydroxyl groups is 1. The molecule has 0 saturated heterocycles. The van der Waals surface area contributed by atoms with Crippen LogP contribution in [0.4, 0.5) is 5.69 Å². The molecule has 16 heavy (non-hydrogen) atoms. The molecule has 2 rings (SSSR count). The van der Waals surface area contributed by atoms with Crippen molar-refractivity contribution >= 4 is 17.0 Å². The molecule has 0 unspecified atom stereocenters. The van der Waals surface area contributed by atoms with Gasteiger partial charge in [-0.1, -0.05) is 18.2 Å². The number of aliphatic hydroxyl groups excluding tert-OH is 1. The molecule has 0 radical (unpaired) electrons. The fraction of sp³-hybridized carbons (Fsp3) is 0.231. The lowest BCUT2D eigenvalue weighted by Gasteiger charge is -2.09.